The molecule has 0 bridgehead atoms. The first kappa shape index (κ1) is 7.51. The van der Waals surface area contributed by atoms with Gasteiger partial charge < -0.3 is 4.74 Å². The van der Waals surface area contributed by atoms with Gasteiger partial charge in [0.1, 0.15) is 0 Å². The fourth-order valence-electron chi connectivity index (χ4n) is 0.736. The zero-order chi connectivity index (χ0) is 6.85. The summed E-state index contributed by atoms with van der Waals surface area (Å²) in [6.07, 6.45) is 0. The first-order valence-corrected chi connectivity index (χ1v) is 3.92. The lowest BCUT2D eigenvalue weighted by Crippen LogP contribution is -2.17. The highest BCUT2D eigenvalue weighted by Gasteiger charge is 2.30. The van der Waals surface area contributed by atoms with Gasteiger partial charge >= 0.3 is 0 Å². The number of carbonyl (C=O) groups excluding carboxylic acids is 1. The van der Waals surface area contributed by atoms with Gasteiger partial charge in [0.05, 0.1) is 24.0 Å². The van der Waals surface area contributed by atoms with Gasteiger partial charge in [-0.1, -0.05) is 15.9 Å². The first-order valence-electron chi connectivity index (χ1n) is 2.63. The van der Waals surface area contributed by atoms with Crippen LogP contribution in [-0.4, -0.2) is 23.3 Å². The Bertz CT molecular complexity index is 128. The van der Waals surface area contributed by atoms with Crippen molar-refractivity contribution in [2.24, 2.45) is 5.92 Å². The van der Waals surface area contributed by atoms with E-state index in [-0.39, 0.29) is 16.0 Å². The molecule has 2 unspecified atom stereocenters. The van der Waals surface area contributed by atoms with Crippen LogP contribution in [0.25, 0.3) is 0 Å². The molecule has 1 saturated heterocycles. The van der Waals surface area contributed by atoms with Gasteiger partial charge in [0.25, 0.3) is 0 Å². The highest BCUT2D eigenvalue weighted by molar-refractivity contribution is 9.09. The van der Waals surface area contributed by atoms with Crippen molar-refractivity contribution in [2.75, 3.05) is 13.2 Å². The second-order valence-electron chi connectivity index (χ2n) is 1.96. The molecule has 9 heavy (non-hydrogen) atoms. The van der Waals surface area contributed by atoms with Crippen molar-refractivity contribution in [1.82, 2.24) is 0 Å². The van der Waals surface area contributed by atoms with Crippen LogP contribution >= 0.6 is 27.5 Å². The van der Waals surface area contributed by atoms with Crippen molar-refractivity contribution in [3.8, 4) is 0 Å². The molecule has 1 aliphatic heterocycles. The quantitative estimate of drug-likeness (QED) is 0.483. The predicted molar refractivity (Wildman–Crippen MR) is 37.9 cm³/mol. The van der Waals surface area contributed by atoms with E-state index in [4.69, 9.17) is 16.3 Å². The molecule has 1 rings (SSSR count). The number of rotatable bonds is 1. The summed E-state index contributed by atoms with van der Waals surface area (Å²) < 4.78 is 4.98. The molecule has 0 aliphatic carbocycles. The van der Waals surface area contributed by atoms with Gasteiger partial charge in [-0.05, 0) is 11.6 Å². The summed E-state index contributed by atoms with van der Waals surface area (Å²) in [4.78, 5) is 10.6. The van der Waals surface area contributed by atoms with Crippen LogP contribution in [0.3, 0.4) is 0 Å². The second-order valence-corrected chi connectivity index (χ2v) is 3.51. The van der Waals surface area contributed by atoms with E-state index in [1.165, 1.54) is 0 Å². The molecule has 2 atom stereocenters. The molecule has 1 aliphatic rings. The number of hydrogen-bond acceptors (Lipinski definition) is 2. The largest absolute Gasteiger partial charge is 0.379 e. The third kappa shape index (κ3) is 1.66. The zero-order valence-electron chi connectivity index (χ0n) is 4.64. The molecule has 0 spiro atoms. The van der Waals surface area contributed by atoms with Crippen LogP contribution in [0.15, 0.2) is 0 Å². The maximum absolute atomic E-state index is 10.5. The Balaban J connectivity index is 2.49. The van der Waals surface area contributed by atoms with Gasteiger partial charge in [-0.2, -0.15) is 0 Å². The van der Waals surface area contributed by atoms with E-state index in [0.29, 0.717) is 13.2 Å². The summed E-state index contributed by atoms with van der Waals surface area (Å²) in [6.45, 7) is 1.04. The van der Waals surface area contributed by atoms with Gasteiger partial charge in [0, 0.05) is 0 Å². The van der Waals surface area contributed by atoms with Crippen LogP contribution in [0, 0.1) is 5.92 Å². The highest BCUT2D eigenvalue weighted by Crippen LogP contribution is 2.22. The van der Waals surface area contributed by atoms with Crippen molar-refractivity contribution in [2.45, 2.75) is 4.83 Å². The molecule has 0 aromatic rings. The summed E-state index contributed by atoms with van der Waals surface area (Å²) in [5.41, 5.74) is 0. The molecule has 52 valence electrons. The summed E-state index contributed by atoms with van der Waals surface area (Å²) in [5.74, 6) is -0.147. The van der Waals surface area contributed by atoms with Crippen molar-refractivity contribution in [1.29, 1.82) is 0 Å². The lowest BCUT2D eigenvalue weighted by atomic mass is 10.1. The van der Waals surface area contributed by atoms with Gasteiger partial charge in [-0.15, -0.1) is 0 Å². The number of alkyl halides is 1. The monoisotopic (exact) mass is 212 g/mol. The van der Waals surface area contributed by atoms with E-state index in [1.807, 2.05) is 0 Å². The lowest BCUT2D eigenvalue weighted by molar-refractivity contribution is -0.114. The molecule has 0 saturated carbocycles. The maximum Gasteiger partial charge on any atom is 0.228 e. The molecule has 1 heterocycles. The summed E-state index contributed by atoms with van der Waals surface area (Å²) in [7, 11) is 0. The Labute approximate surface area is 66.6 Å². The van der Waals surface area contributed by atoms with Gasteiger partial charge in [0.2, 0.25) is 5.24 Å². The van der Waals surface area contributed by atoms with Crippen molar-refractivity contribution in [3.05, 3.63) is 0 Å². The van der Waals surface area contributed by atoms with Crippen molar-refractivity contribution in [3.63, 3.8) is 0 Å². The normalized spacial score (nSPS) is 34.9. The molecule has 1 fully saturated rings. The molecule has 4 heteroatoms. The fraction of sp³-hybridized carbons (Fsp3) is 0.800. The van der Waals surface area contributed by atoms with E-state index in [9.17, 15) is 4.79 Å². The van der Waals surface area contributed by atoms with E-state index >= 15 is 0 Å². The van der Waals surface area contributed by atoms with Crippen molar-refractivity contribution >= 4 is 32.8 Å². The smallest absolute Gasteiger partial charge is 0.228 e. The SMILES string of the molecule is O=C(Cl)C1COCC1Br. The number of halogens is 2. The molecule has 0 amide bonds. The third-order valence-corrected chi connectivity index (χ3v) is 2.49. The molecule has 0 N–H and O–H groups in total. The minimum absolute atomic E-state index is 0.113. The fourth-order valence-corrected chi connectivity index (χ4v) is 1.68. The minimum Gasteiger partial charge on any atom is -0.379 e. The maximum atomic E-state index is 10.5. The first-order chi connectivity index (χ1) is 4.22. The van der Waals surface area contributed by atoms with Crippen LogP contribution in [-0.2, 0) is 9.53 Å². The Morgan fingerprint density at radius 2 is 2.33 bits per heavy atom. The average molecular weight is 213 g/mol. The number of hydrogen-bond donors (Lipinski definition) is 0. The summed E-state index contributed by atoms with van der Waals surface area (Å²) in [6, 6.07) is 0. The van der Waals surface area contributed by atoms with Crippen LogP contribution in [0.5, 0.6) is 0 Å². The van der Waals surface area contributed by atoms with Gasteiger partial charge in [0.15, 0.2) is 0 Å². The highest BCUT2D eigenvalue weighted by atomic mass is 79.9. The molecular weight excluding hydrogens is 207 g/mol. The standard InChI is InChI=1S/C5H6BrClO2/c6-4-2-9-1-3(4)5(7)8/h3-4H,1-2H2. The molecule has 0 radical (unpaired) electrons. The minimum atomic E-state index is -0.311. The Hall–Kier alpha value is 0.400. The van der Waals surface area contributed by atoms with Crippen LogP contribution in [0.4, 0.5) is 0 Å². The zero-order valence-corrected chi connectivity index (χ0v) is 6.98. The van der Waals surface area contributed by atoms with E-state index in [2.05, 4.69) is 15.9 Å². The lowest BCUT2D eigenvalue weighted by Gasteiger charge is -2.02. The predicted octanol–water partition coefficient (Wildman–Crippen LogP) is 1.16. The number of ether oxygens (including phenoxy) is 1. The second kappa shape index (κ2) is 2.99. The molecule has 2 nitrogen and oxygen atoms in total. The van der Waals surface area contributed by atoms with Crippen molar-refractivity contribution < 1.29 is 9.53 Å². The van der Waals surface area contributed by atoms with E-state index in [0.717, 1.165) is 0 Å². The van der Waals surface area contributed by atoms with Gasteiger partial charge in [-0.25, -0.2) is 0 Å². The van der Waals surface area contributed by atoms with Crippen LogP contribution < -0.4 is 0 Å². The molecular formula is C5H6BrClO2. The molecule has 0 aromatic carbocycles. The topological polar surface area (TPSA) is 26.3 Å². The van der Waals surface area contributed by atoms with E-state index < -0.39 is 0 Å². The summed E-state index contributed by atoms with van der Waals surface area (Å²) >= 11 is 8.50. The average Bonchev–Trinajstić information content (AvgIpc) is 2.13. The Kier molecular flexibility index (Phi) is 2.50. The third-order valence-electron chi connectivity index (χ3n) is 1.30. The number of carbonyl (C=O) groups is 1. The van der Waals surface area contributed by atoms with Crippen LogP contribution in [0.2, 0.25) is 0 Å². The van der Waals surface area contributed by atoms with E-state index in [1.54, 1.807) is 0 Å². The van der Waals surface area contributed by atoms with Crippen LogP contribution in [0.1, 0.15) is 0 Å². The Morgan fingerprint density at radius 3 is 2.56 bits per heavy atom. The van der Waals surface area contributed by atoms with Gasteiger partial charge in [-0.3, -0.25) is 4.79 Å². The molecule has 0 aromatic heterocycles. The Morgan fingerprint density at radius 1 is 1.67 bits per heavy atom. The summed E-state index contributed by atoms with van der Waals surface area (Å²) in [5, 5.41) is -0.311.